The number of hydrogen-bond acceptors (Lipinski definition) is 2. The predicted molar refractivity (Wildman–Crippen MR) is 52.4 cm³/mol. The van der Waals surface area contributed by atoms with Gasteiger partial charge in [0.2, 0.25) is 0 Å². The van der Waals surface area contributed by atoms with Crippen molar-refractivity contribution in [3.63, 3.8) is 0 Å². The number of halogens is 2. The molecule has 15 heavy (non-hydrogen) atoms. The van der Waals surface area contributed by atoms with E-state index in [2.05, 4.69) is 0 Å². The number of hydrogen-bond donors (Lipinski definition) is 1. The van der Waals surface area contributed by atoms with E-state index in [4.69, 9.17) is 0 Å². The molecule has 0 aliphatic carbocycles. The summed E-state index contributed by atoms with van der Waals surface area (Å²) >= 11 is 0. The van der Waals surface area contributed by atoms with Gasteiger partial charge in [-0.15, -0.1) is 0 Å². The van der Waals surface area contributed by atoms with Crippen LogP contribution in [0, 0.1) is 11.6 Å². The number of likely N-dealkylation sites (N-methyl/N-ethyl adjacent to an activating group) is 1. The molecule has 0 spiro atoms. The van der Waals surface area contributed by atoms with Crippen LogP contribution < -0.4 is 0 Å². The minimum atomic E-state index is -0.561. The van der Waals surface area contributed by atoms with Gasteiger partial charge >= 0.3 is 0 Å². The summed E-state index contributed by atoms with van der Waals surface area (Å²) < 4.78 is 25.9. The molecule has 0 saturated carbocycles. The summed E-state index contributed by atoms with van der Waals surface area (Å²) in [6.45, 7) is 0.629. The van der Waals surface area contributed by atoms with Crippen molar-refractivity contribution in [1.29, 1.82) is 0 Å². The Labute approximate surface area is 87.1 Å². The molecule has 4 heteroatoms. The molecule has 1 aliphatic heterocycles. The Morgan fingerprint density at radius 2 is 1.87 bits per heavy atom. The van der Waals surface area contributed by atoms with Gasteiger partial charge in [0.15, 0.2) is 0 Å². The minimum Gasteiger partial charge on any atom is -0.378 e. The van der Waals surface area contributed by atoms with E-state index in [1.165, 1.54) is 12.1 Å². The van der Waals surface area contributed by atoms with E-state index >= 15 is 0 Å². The summed E-state index contributed by atoms with van der Waals surface area (Å²) in [5.41, 5.74) is 0.621. The molecule has 2 rings (SSSR count). The number of benzene rings is 1. The van der Waals surface area contributed by atoms with Gasteiger partial charge in [0.25, 0.3) is 0 Å². The SMILES string of the molecule is CN1CC(c2cc(F)cc(F)c2)CC1O. The second kappa shape index (κ2) is 3.87. The zero-order chi connectivity index (χ0) is 11.0. The van der Waals surface area contributed by atoms with E-state index in [1.54, 1.807) is 11.9 Å². The standard InChI is InChI=1S/C11H13F2NO/c1-14-6-8(4-11(14)15)7-2-9(12)5-10(13)3-7/h2-3,5,8,11,15H,4,6H2,1H3. The molecular formula is C11H13F2NO. The smallest absolute Gasteiger partial charge is 0.126 e. The van der Waals surface area contributed by atoms with E-state index in [-0.39, 0.29) is 5.92 Å². The van der Waals surface area contributed by atoms with E-state index < -0.39 is 17.9 Å². The summed E-state index contributed by atoms with van der Waals surface area (Å²) in [4.78, 5) is 1.77. The monoisotopic (exact) mass is 213 g/mol. The van der Waals surface area contributed by atoms with Crippen molar-refractivity contribution in [2.24, 2.45) is 0 Å². The Kier molecular flexibility index (Phi) is 2.71. The average Bonchev–Trinajstić information content (AvgIpc) is 2.45. The van der Waals surface area contributed by atoms with Crippen LogP contribution in [0.25, 0.3) is 0 Å². The van der Waals surface area contributed by atoms with Gasteiger partial charge in [-0.3, -0.25) is 4.90 Å². The average molecular weight is 213 g/mol. The van der Waals surface area contributed by atoms with Crippen LogP contribution in [-0.2, 0) is 0 Å². The van der Waals surface area contributed by atoms with Crippen LogP contribution in [0.3, 0.4) is 0 Å². The summed E-state index contributed by atoms with van der Waals surface area (Å²) in [6.07, 6.45) is 0.0145. The van der Waals surface area contributed by atoms with E-state index in [1.807, 2.05) is 0 Å². The third-order valence-corrected chi connectivity index (χ3v) is 2.87. The van der Waals surface area contributed by atoms with Crippen molar-refractivity contribution in [3.05, 3.63) is 35.4 Å². The first-order valence-corrected chi connectivity index (χ1v) is 4.90. The van der Waals surface area contributed by atoms with Crippen LogP contribution >= 0.6 is 0 Å². The largest absolute Gasteiger partial charge is 0.378 e. The second-order valence-electron chi connectivity index (χ2n) is 4.06. The van der Waals surface area contributed by atoms with Crippen LogP contribution in [0.5, 0.6) is 0 Å². The molecule has 2 atom stereocenters. The summed E-state index contributed by atoms with van der Waals surface area (Å²) in [6, 6.07) is 3.53. The van der Waals surface area contributed by atoms with Gasteiger partial charge in [-0.2, -0.15) is 0 Å². The Hall–Kier alpha value is -1.00. The number of likely N-dealkylation sites (tertiary alicyclic amines) is 1. The molecule has 0 radical (unpaired) electrons. The first-order chi connectivity index (χ1) is 7.06. The lowest BCUT2D eigenvalue weighted by Crippen LogP contribution is -2.23. The lowest BCUT2D eigenvalue weighted by molar-refractivity contribution is 0.0573. The number of rotatable bonds is 1. The highest BCUT2D eigenvalue weighted by Crippen LogP contribution is 2.30. The van der Waals surface area contributed by atoms with Crippen molar-refractivity contribution >= 4 is 0 Å². The van der Waals surface area contributed by atoms with Gasteiger partial charge in [0.1, 0.15) is 17.9 Å². The van der Waals surface area contributed by atoms with Crippen molar-refractivity contribution in [3.8, 4) is 0 Å². The van der Waals surface area contributed by atoms with Crippen LogP contribution in [0.4, 0.5) is 8.78 Å². The van der Waals surface area contributed by atoms with Gasteiger partial charge in [0.05, 0.1) is 0 Å². The Morgan fingerprint density at radius 3 is 2.33 bits per heavy atom. The topological polar surface area (TPSA) is 23.5 Å². The van der Waals surface area contributed by atoms with Gasteiger partial charge in [-0.25, -0.2) is 8.78 Å². The molecule has 1 aliphatic rings. The maximum Gasteiger partial charge on any atom is 0.126 e. The molecule has 1 N–H and O–H groups in total. The van der Waals surface area contributed by atoms with Gasteiger partial charge < -0.3 is 5.11 Å². The fraction of sp³-hybridized carbons (Fsp3) is 0.455. The van der Waals surface area contributed by atoms with Crippen molar-refractivity contribution in [1.82, 2.24) is 4.90 Å². The molecule has 1 heterocycles. The van der Waals surface area contributed by atoms with E-state index in [0.717, 1.165) is 6.07 Å². The Morgan fingerprint density at radius 1 is 1.27 bits per heavy atom. The minimum absolute atomic E-state index is 0.00944. The molecule has 1 aromatic rings. The van der Waals surface area contributed by atoms with E-state index in [0.29, 0.717) is 18.5 Å². The van der Waals surface area contributed by atoms with Crippen LogP contribution in [0.1, 0.15) is 17.9 Å². The van der Waals surface area contributed by atoms with Crippen LogP contribution in [-0.4, -0.2) is 29.8 Å². The normalized spacial score (nSPS) is 27.2. The number of nitrogens with zero attached hydrogens (tertiary/aromatic N) is 1. The highest BCUT2D eigenvalue weighted by molar-refractivity contribution is 5.23. The number of aliphatic hydroxyl groups excluding tert-OH is 1. The van der Waals surface area contributed by atoms with Gasteiger partial charge in [-0.05, 0) is 31.2 Å². The molecule has 0 bridgehead atoms. The van der Waals surface area contributed by atoms with Crippen molar-refractivity contribution in [2.45, 2.75) is 18.6 Å². The quantitative estimate of drug-likeness (QED) is 0.767. The lowest BCUT2D eigenvalue weighted by Gasteiger charge is -2.11. The highest BCUT2D eigenvalue weighted by Gasteiger charge is 2.29. The number of aliphatic hydroxyl groups is 1. The summed E-state index contributed by atoms with van der Waals surface area (Å²) in [5, 5.41) is 9.51. The molecule has 0 amide bonds. The first-order valence-electron chi connectivity index (χ1n) is 4.90. The summed E-state index contributed by atoms with van der Waals surface area (Å²) in [5.74, 6) is -1.11. The fourth-order valence-corrected chi connectivity index (χ4v) is 2.03. The summed E-state index contributed by atoms with van der Waals surface area (Å²) in [7, 11) is 1.79. The molecule has 0 aromatic heterocycles. The molecule has 2 nitrogen and oxygen atoms in total. The lowest BCUT2D eigenvalue weighted by atomic mass is 9.98. The third-order valence-electron chi connectivity index (χ3n) is 2.87. The Bertz CT molecular complexity index is 339. The molecule has 2 unspecified atom stereocenters. The second-order valence-corrected chi connectivity index (χ2v) is 4.06. The van der Waals surface area contributed by atoms with E-state index in [9.17, 15) is 13.9 Å². The predicted octanol–water partition coefficient (Wildman–Crippen LogP) is 1.70. The molecule has 1 aromatic carbocycles. The highest BCUT2D eigenvalue weighted by atomic mass is 19.1. The van der Waals surface area contributed by atoms with Gasteiger partial charge in [0, 0.05) is 18.5 Å². The van der Waals surface area contributed by atoms with Crippen LogP contribution in [0.2, 0.25) is 0 Å². The first kappa shape index (κ1) is 10.5. The molecular weight excluding hydrogens is 200 g/mol. The van der Waals surface area contributed by atoms with Crippen molar-refractivity contribution in [2.75, 3.05) is 13.6 Å². The van der Waals surface area contributed by atoms with Crippen LogP contribution in [0.15, 0.2) is 18.2 Å². The maximum absolute atomic E-state index is 13.0. The zero-order valence-electron chi connectivity index (χ0n) is 8.45. The fourth-order valence-electron chi connectivity index (χ4n) is 2.03. The molecule has 82 valence electrons. The van der Waals surface area contributed by atoms with Crippen molar-refractivity contribution < 1.29 is 13.9 Å². The maximum atomic E-state index is 13.0. The molecule has 1 fully saturated rings. The zero-order valence-corrected chi connectivity index (χ0v) is 8.45. The van der Waals surface area contributed by atoms with Gasteiger partial charge in [-0.1, -0.05) is 0 Å². The third kappa shape index (κ3) is 2.16. The Balaban J connectivity index is 2.23. The molecule has 1 saturated heterocycles.